The van der Waals surface area contributed by atoms with Crippen LogP contribution in [-0.4, -0.2) is 31.5 Å². The fraction of sp³-hybridized carbons (Fsp3) is 0.462. The molecular weight excluding hydrogens is 202 g/mol. The molecule has 0 radical (unpaired) electrons. The van der Waals surface area contributed by atoms with Crippen LogP contribution in [0.5, 0.6) is 5.75 Å². The molecule has 0 saturated heterocycles. The lowest BCUT2D eigenvalue weighted by atomic mass is 10.2. The number of unbranched alkanes of at least 4 members (excludes halogenated alkanes) is 1. The molecule has 0 aliphatic rings. The number of hydrogen-bond donors (Lipinski definition) is 0. The lowest BCUT2D eigenvalue weighted by Gasteiger charge is -2.08. The molecule has 1 aromatic carbocycles. The molecular formula is C13H19NO2. The number of ether oxygens (including phenoxy) is 1. The summed E-state index contributed by atoms with van der Waals surface area (Å²) in [6.07, 6.45) is 2.39. The minimum absolute atomic E-state index is 0.148. The first-order valence-corrected chi connectivity index (χ1v) is 5.59. The van der Waals surface area contributed by atoms with E-state index in [0.717, 1.165) is 19.4 Å². The molecule has 3 nitrogen and oxygen atoms in total. The van der Waals surface area contributed by atoms with Gasteiger partial charge in [-0.25, -0.2) is 0 Å². The monoisotopic (exact) mass is 221 g/mol. The van der Waals surface area contributed by atoms with Gasteiger partial charge in [-0.1, -0.05) is 18.2 Å². The van der Waals surface area contributed by atoms with Crippen molar-refractivity contribution in [2.24, 2.45) is 0 Å². The zero-order valence-corrected chi connectivity index (χ0v) is 9.98. The third kappa shape index (κ3) is 5.51. The summed E-state index contributed by atoms with van der Waals surface area (Å²) in [7, 11) is 4.06. The maximum Gasteiger partial charge on any atom is 0.311 e. The molecule has 0 aromatic heterocycles. The lowest BCUT2D eigenvalue weighted by molar-refractivity contribution is -0.134. The number of carbonyl (C=O) groups excluding carboxylic acids is 1. The SMILES string of the molecule is CN(C)CCCCC(=O)Oc1ccccc1. The highest BCUT2D eigenvalue weighted by molar-refractivity contribution is 5.72. The molecule has 1 aromatic rings. The van der Waals surface area contributed by atoms with Crippen molar-refractivity contribution in [1.82, 2.24) is 4.90 Å². The largest absolute Gasteiger partial charge is 0.427 e. The van der Waals surface area contributed by atoms with Gasteiger partial charge in [0.05, 0.1) is 0 Å². The van der Waals surface area contributed by atoms with E-state index in [-0.39, 0.29) is 5.97 Å². The minimum Gasteiger partial charge on any atom is -0.427 e. The molecule has 0 N–H and O–H groups in total. The molecule has 0 atom stereocenters. The number of para-hydroxylation sites is 1. The number of carbonyl (C=O) groups is 1. The molecule has 0 aliphatic heterocycles. The first-order chi connectivity index (χ1) is 7.68. The van der Waals surface area contributed by atoms with Crippen LogP contribution in [0, 0.1) is 0 Å². The van der Waals surface area contributed by atoms with Crippen LogP contribution in [0.25, 0.3) is 0 Å². The Labute approximate surface area is 97.0 Å². The summed E-state index contributed by atoms with van der Waals surface area (Å²) in [6.45, 7) is 1.01. The van der Waals surface area contributed by atoms with E-state index in [2.05, 4.69) is 4.90 Å². The molecule has 0 saturated carbocycles. The second-order valence-corrected chi connectivity index (χ2v) is 4.05. The van der Waals surface area contributed by atoms with E-state index >= 15 is 0 Å². The summed E-state index contributed by atoms with van der Waals surface area (Å²) < 4.78 is 5.17. The Morgan fingerprint density at radius 2 is 1.88 bits per heavy atom. The fourth-order valence-electron chi connectivity index (χ4n) is 1.37. The summed E-state index contributed by atoms with van der Waals surface area (Å²) in [5, 5.41) is 0. The summed E-state index contributed by atoms with van der Waals surface area (Å²) >= 11 is 0. The smallest absolute Gasteiger partial charge is 0.311 e. The van der Waals surface area contributed by atoms with Gasteiger partial charge in [0.1, 0.15) is 5.75 Å². The fourth-order valence-corrected chi connectivity index (χ4v) is 1.37. The van der Waals surface area contributed by atoms with Crippen molar-refractivity contribution < 1.29 is 9.53 Å². The van der Waals surface area contributed by atoms with E-state index < -0.39 is 0 Å². The van der Waals surface area contributed by atoms with Crippen LogP contribution in [-0.2, 0) is 4.79 Å². The van der Waals surface area contributed by atoms with Gasteiger partial charge in [0.15, 0.2) is 0 Å². The molecule has 0 aliphatic carbocycles. The Balaban J connectivity index is 2.17. The van der Waals surface area contributed by atoms with Gasteiger partial charge in [-0.3, -0.25) is 4.79 Å². The second kappa shape index (κ2) is 7.01. The molecule has 88 valence electrons. The van der Waals surface area contributed by atoms with E-state index in [4.69, 9.17) is 4.74 Å². The van der Waals surface area contributed by atoms with Gasteiger partial charge >= 0.3 is 5.97 Å². The van der Waals surface area contributed by atoms with E-state index in [1.54, 1.807) is 12.1 Å². The van der Waals surface area contributed by atoms with Gasteiger partial charge in [0.25, 0.3) is 0 Å². The molecule has 0 fully saturated rings. The first-order valence-electron chi connectivity index (χ1n) is 5.59. The van der Waals surface area contributed by atoms with Crippen LogP contribution in [0.4, 0.5) is 0 Å². The first kappa shape index (κ1) is 12.7. The van der Waals surface area contributed by atoms with E-state index in [9.17, 15) is 4.79 Å². The van der Waals surface area contributed by atoms with Crippen molar-refractivity contribution in [1.29, 1.82) is 0 Å². The highest BCUT2D eigenvalue weighted by atomic mass is 16.5. The van der Waals surface area contributed by atoms with Crippen molar-refractivity contribution in [2.45, 2.75) is 19.3 Å². The normalized spacial score (nSPS) is 10.4. The predicted molar refractivity (Wildman–Crippen MR) is 64.5 cm³/mol. The van der Waals surface area contributed by atoms with Gasteiger partial charge < -0.3 is 9.64 Å². The molecule has 0 amide bonds. The Hall–Kier alpha value is -1.35. The number of hydrogen-bond acceptors (Lipinski definition) is 3. The minimum atomic E-state index is -0.148. The zero-order valence-electron chi connectivity index (χ0n) is 9.98. The predicted octanol–water partition coefficient (Wildman–Crippen LogP) is 2.32. The third-order valence-corrected chi connectivity index (χ3v) is 2.21. The van der Waals surface area contributed by atoms with Gasteiger partial charge in [0.2, 0.25) is 0 Å². The topological polar surface area (TPSA) is 29.5 Å². The Morgan fingerprint density at radius 3 is 2.50 bits per heavy atom. The molecule has 16 heavy (non-hydrogen) atoms. The molecule has 0 unspecified atom stereocenters. The summed E-state index contributed by atoms with van der Waals surface area (Å²) in [5.74, 6) is 0.477. The van der Waals surface area contributed by atoms with Crippen LogP contribution >= 0.6 is 0 Å². The van der Waals surface area contributed by atoms with Crippen molar-refractivity contribution >= 4 is 5.97 Å². The average Bonchev–Trinajstić information content (AvgIpc) is 2.25. The van der Waals surface area contributed by atoms with E-state index in [1.165, 1.54) is 0 Å². The highest BCUT2D eigenvalue weighted by Gasteiger charge is 2.03. The number of rotatable bonds is 6. The lowest BCUT2D eigenvalue weighted by Crippen LogP contribution is -2.14. The van der Waals surface area contributed by atoms with Gasteiger partial charge in [-0.15, -0.1) is 0 Å². The summed E-state index contributed by atoms with van der Waals surface area (Å²) in [6, 6.07) is 9.19. The number of esters is 1. The summed E-state index contributed by atoms with van der Waals surface area (Å²) in [5.41, 5.74) is 0. The van der Waals surface area contributed by atoms with E-state index in [1.807, 2.05) is 32.3 Å². The Bertz CT molecular complexity index is 309. The molecule has 0 heterocycles. The van der Waals surface area contributed by atoms with Crippen LogP contribution < -0.4 is 4.74 Å². The van der Waals surface area contributed by atoms with Crippen molar-refractivity contribution in [3.63, 3.8) is 0 Å². The molecule has 0 bridgehead atoms. The number of benzene rings is 1. The second-order valence-electron chi connectivity index (χ2n) is 4.05. The van der Waals surface area contributed by atoms with Crippen LogP contribution in [0.1, 0.15) is 19.3 Å². The molecule has 3 heteroatoms. The van der Waals surface area contributed by atoms with Crippen molar-refractivity contribution in [2.75, 3.05) is 20.6 Å². The molecule has 0 spiro atoms. The van der Waals surface area contributed by atoms with Gasteiger partial charge in [-0.2, -0.15) is 0 Å². The van der Waals surface area contributed by atoms with E-state index in [0.29, 0.717) is 12.2 Å². The quantitative estimate of drug-likeness (QED) is 0.419. The van der Waals surface area contributed by atoms with Crippen LogP contribution in [0.15, 0.2) is 30.3 Å². The van der Waals surface area contributed by atoms with Crippen LogP contribution in [0.2, 0.25) is 0 Å². The average molecular weight is 221 g/mol. The van der Waals surface area contributed by atoms with Gasteiger partial charge in [0, 0.05) is 6.42 Å². The molecule has 1 rings (SSSR count). The van der Waals surface area contributed by atoms with Crippen LogP contribution in [0.3, 0.4) is 0 Å². The maximum atomic E-state index is 11.4. The maximum absolute atomic E-state index is 11.4. The summed E-state index contributed by atoms with van der Waals surface area (Å²) in [4.78, 5) is 13.5. The Morgan fingerprint density at radius 1 is 1.19 bits per heavy atom. The number of nitrogens with zero attached hydrogens (tertiary/aromatic N) is 1. The van der Waals surface area contributed by atoms with Crippen molar-refractivity contribution in [3.8, 4) is 5.75 Å². The van der Waals surface area contributed by atoms with Crippen molar-refractivity contribution in [3.05, 3.63) is 30.3 Å². The zero-order chi connectivity index (χ0) is 11.8. The van der Waals surface area contributed by atoms with Gasteiger partial charge in [-0.05, 0) is 45.6 Å². The standard InChI is InChI=1S/C13H19NO2/c1-14(2)11-7-6-10-13(15)16-12-8-4-3-5-9-12/h3-5,8-9H,6-7,10-11H2,1-2H3. The third-order valence-electron chi connectivity index (χ3n) is 2.21. The highest BCUT2D eigenvalue weighted by Crippen LogP contribution is 2.10. The Kier molecular flexibility index (Phi) is 5.57.